The maximum absolute atomic E-state index is 5.89. The number of nitrogens with zero attached hydrogens (tertiary/aromatic N) is 1. The van der Waals surface area contributed by atoms with Gasteiger partial charge in [0.25, 0.3) is 0 Å². The third kappa shape index (κ3) is 2.96. The van der Waals surface area contributed by atoms with Crippen molar-refractivity contribution in [1.29, 1.82) is 0 Å². The molecule has 2 aromatic rings. The van der Waals surface area contributed by atoms with Gasteiger partial charge in [-0.2, -0.15) is 0 Å². The second-order valence-electron chi connectivity index (χ2n) is 5.63. The predicted molar refractivity (Wildman–Crippen MR) is 90.0 cm³/mol. The summed E-state index contributed by atoms with van der Waals surface area (Å²) < 4.78 is 11.3. The van der Waals surface area contributed by atoms with Gasteiger partial charge in [-0.15, -0.1) is 0 Å². The lowest BCUT2D eigenvalue weighted by molar-refractivity contribution is 0.300. The van der Waals surface area contributed by atoms with Gasteiger partial charge in [0.2, 0.25) is 0 Å². The Morgan fingerprint density at radius 3 is 2.82 bits per heavy atom. The maximum Gasteiger partial charge on any atom is 0.161 e. The van der Waals surface area contributed by atoms with Gasteiger partial charge in [-0.25, -0.2) is 0 Å². The zero-order chi connectivity index (χ0) is 15.5. The van der Waals surface area contributed by atoms with Crippen molar-refractivity contribution in [3.63, 3.8) is 0 Å². The molecule has 1 heterocycles. The van der Waals surface area contributed by atoms with E-state index in [9.17, 15) is 0 Å². The Labute approximate surface area is 131 Å². The average Bonchev–Trinajstić information content (AvgIpc) is 2.91. The van der Waals surface area contributed by atoms with E-state index in [-0.39, 0.29) is 0 Å². The number of rotatable bonds is 5. The molecule has 0 unspecified atom stereocenters. The number of nitrogens with two attached hydrogens (primary N) is 1. The molecule has 2 aromatic carbocycles. The molecule has 0 aromatic heterocycles. The van der Waals surface area contributed by atoms with E-state index in [1.165, 1.54) is 11.3 Å². The lowest BCUT2D eigenvalue weighted by Crippen LogP contribution is -2.26. The zero-order valence-electron chi connectivity index (χ0n) is 13.1. The standard InChI is InChI=1S/C18H22N2O2/c1-13-3-6-17(18(11-13)21-2)22-10-9-20-8-7-14-4-5-15(19)12-16(14)20/h3-6,11-12H,7-10,19H2,1-2H3. The first-order valence-electron chi connectivity index (χ1n) is 7.58. The third-order valence-electron chi connectivity index (χ3n) is 4.04. The number of anilines is 2. The highest BCUT2D eigenvalue weighted by Gasteiger charge is 2.18. The molecule has 0 saturated heterocycles. The lowest BCUT2D eigenvalue weighted by atomic mass is 10.1. The third-order valence-corrected chi connectivity index (χ3v) is 4.04. The topological polar surface area (TPSA) is 47.7 Å². The van der Waals surface area contributed by atoms with E-state index in [1.54, 1.807) is 7.11 Å². The predicted octanol–water partition coefficient (Wildman–Crippen LogP) is 3.03. The fourth-order valence-corrected chi connectivity index (χ4v) is 2.85. The van der Waals surface area contributed by atoms with Crippen LogP contribution in [0.25, 0.3) is 0 Å². The van der Waals surface area contributed by atoms with Crippen LogP contribution in [0.5, 0.6) is 11.5 Å². The first kappa shape index (κ1) is 14.6. The highest BCUT2D eigenvalue weighted by atomic mass is 16.5. The molecule has 1 aliphatic heterocycles. The molecule has 0 atom stereocenters. The van der Waals surface area contributed by atoms with Crippen LogP contribution in [0, 0.1) is 6.92 Å². The Bertz CT molecular complexity index is 670. The highest BCUT2D eigenvalue weighted by Crippen LogP contribution is 2.30. The van der Waals surface area contributed by atoms with Crippen LogP contribution in [0.1, 0.15) is 11.1 Å². The van der Waals surface area contributed by atoms with E-state index in [4.69, 9.17) is 15.2 Å². The minimum atomic E-state index is 0.619. The first-order chi connectivity index (χ1) is 10.7. The first-order valence-corrected chi connectivity index (χ1v) is 7.58. The molecular weight excluding hydrogens is 276 g/mol. The molecule has 3 rings (SSSR count). The summed E-state index contributed by atoms with van der Waals surface area (Å²) in [5.41, 5.74) is 10.5. The number of benzene rings is 2. The van der Waals surface area contributed by atoms with Crippen LogP contribution >= 0.6 is 0 Å². The molecule has 0 saturated carbocycles. The van der Waals surface area contributed by atoms with Crippen LogP contribution in [0.15, 0.2) is 36.4 Å². The van der Waals surface area contributed by atoms with Crippen molar-refractivity contribution in [3.8, 4) is 11.5 Å². The molecule has 116 valence electrons. The van der Waals surface area contributed by atoms with Crippen molar-refractivity contribution < 1.29 is 9.47 Å². The molecule has 0 amide bonds. The van der Waals surface area contributed by atoms with Crippen LogP contribution in [0.2, 0.25) is 0 Å². The summed E-state index contributed by atoms with van der Waals surface area (Å²) >= 11 is 0. The summed E-state index contributed by atoms with van der Waals surface area (Å²) in [6, 6.07) is 12.1. The van der Waals surface area contributed by atoms with Crippen molar-refractivity contribution >= 4 is 11.4 Å². The average molecular weight is 298 g/mol. The van der Waals surface area contributed by atoms with E-state index in [0.29, 0.717) is 6.61 Å². The van der Waals surface area contributed by atoms with Crippen molar-refractivity contribution in [1.82, 2.24) is 0 Å². The quantitative estimate of drug-likeness (QED) is 0.862. The summed E-state index contributed by atoms with van der Waals surface area (Å²) in [7, 11) is 1.67. The number of ether oxygens (including phenoxy) is 2. The van der Waals surface area contributed by atoms with Crippen molar-refractivity contribution in [2.45, 2.75) is 13.3 Å². The number of methoxy groups -OCH3 is 1. The fraction of sp³-hybridized carbons (Fsp3) is 0.333. The van der Waals surface area contributed by atoms with Crippen LogP contribution in [0.4, 0.5) is 11.4 Å². The van der Waals surface area contributed by atoms with Gasteiger partial charge in [0.15, 0.2) is 11.5 Å². The summed E-state index contributed by atoms with van der Waals surface area (Å²) in [6.45, 7) is 4.52. The summed E-state index contributed by atoms with van der Waals surface area (Å²) in [6.07, 6.45) is 1.07. The molecule has 22 heavy (non-hydrogen) atoms. The number of fused-ring (bicyclic) bond motifs is 1. The van der Waals surface area contributed by atoms with Gasteiger partial charge in [-0.1, -0.05) is 12.1 Å². The molecule has 0 spiro atoms. The Balaban J connectivity index is 1.62. The molecule has 0 radical (unpaired) electrons. The molecule has 2 N–H and O–H groups in total. The smallest absolute Gasteiger partial charge is 0.161 e. The molecule has 1 aliphatic rings. The summed E-state index contributed by atoms with van der Waals surface area (Å²) in [4.78, 5) is 2.33. The van der Waals surface area contributed by atoms with Crippen LogP contribution < -0.4 is 20.1 Å². The minimum absolute atomic E-state index is 0.619. The minimum Gasteiger partial charge on any atom is -0.493 e. The van der Waals surface area contributed by atoms with Crippen molar-refractivity contribution in [2.24, 2.45) is 0 Å². The highest BCUT2D eigenvalue weighted by molar-refractivity contribution is 5.64. The molecular formula is C18H22N2O2. The van der Waals surface area contributed by atoms with Crippen LogP contribution in [-0.4, -0.2) is 26.8 Å². The van der Waals surface area contributed by atoms with E-state index < -0.39 is 0 Å². The Morgan fingerprint density at radius 1 is 1.14 bits per heavy atom. The van der Waals surface area contributed by atoms with Gasteiger partial charge < -0.3 is 20.1 Å². The number of aryl methyl sites for hydroxylation is 1. The fourth-order valence-electron chi connectivity index (χ4n) is 2.85. The second kappa shape index (κ2) is 6.18. The number of nitrogen functional groups attached to an aromatic ring is 1. The molecule has 0 fully saturated rings. The van der Waals surface area contributed by atoms with E-state index >= 15 is 0 Å². The zero-order valence-corrected chi connectivity index (χ0v) is 13.1. The van der Waals surface area contributed by atoms with Crippen LogP contribution in [-0.2, 0) is 6.42 Å². The summed E-state index contributed by atoms with van der Waals surface area (Å²) in [5, 5.41) is 0. The van der Waals surface area contributed by atoms with Gasteiger partial charge in [0.1, 0.15) is 6.61 Å². The van der Waals surface area contributed by atoms with E-state index in [2.05, 4.69) is 17.0 Å². The van der Waals surface area contributed by atoms with Crippen molar-refractivity contribution in [3.05, 3.63) is 47.5 Å². The second-order valence-corrected chi connectivity index (χ2v) is 5.63. The normalized spacial score (nSPS) is 13.1. The van der Waals surface area contributed by atoms with E-state index in [0.717, 1.165) is 42.3 Å². The van der Waals surface area contributed by atoms with E-state index in [1.807, 2.05) is 31.2 Å². The Hall–Kier alpha value is -2.36. The lowest BCUT2D eigenvalue weighted by Gasteiger charge is -2.20. The Morgan fingerprint density at radius 2 is 2.00 bits per heavy atom. The molecule has 0 bridgehead atoms. The number of hydrogen-bond acceptors (Lipinski definition) is 4. The SMILES string of the molecule is COc1cc(C)ccc1OCCN1CCc2ccc(N)cc21. The van der Waals surface area contributed by atoms with Gasteiger partial charge in [0, 0.05) is 17.9 Å². The maximum atomic E-state index is 5.89. The van der Waals surface area contributed by atoms with Gasteiger partial charge >= 0.3 is 0 Å². The van der Waals surface area contributed by atoms with Crippen molar-refractivity contribution in [2.75, 3.05) is 37.4 Å². The largest absolute Gasteiger partial charge is 0.493 e. The monoisotopic (exact) mass is 298 g/mol. The molecule has 4 heteroatoms. The van der Waals surface area contributed by atoms with Gasteiger partial charge in [0.05, 0.1) is 13.7 Å². The number of hydrogen-bond donors (Lipinski definition) is 1. The Kier molecular flexibility index (Phi) is 4.09. The molecule has 0 aliphatic carbocycles. The molecule has 4 nitrogen and oxygen atoms in total. The summed E-state index contributed by atoms with van der Waals surface area (Å²) in [5.74, 6) is 1.58. The van der Waals surface area contributed by atoms with Gasteiger partial charge in [-0.3, -0.25) is 0 Å². The van der Waals surface area contributed by atoms with Crippen LogP contribution in [0.3, 0.4) is 0 Å². The van der Waals surface area contributed by atoms with Gasteiger partial charge in [-0.05, 0) is 48.7 Å².